The Labute approximate surface area is 173 Å². The maximum atomic E-state index is 12.5. The van der Waals surface area contributed by atoms with Gasteiger partial charge in [-0.2, -0.15) is 9.78 Å². The van der Waals surface area contributed by atoms with Crippen LogP contribution in [-0.4, -0.2) is 37.5 Å². The van der Waals surface area contributed by atoms with Gasteiger partial charge in [0.15, 0.2) is 0 Å². The Morgan fingerprint density at radius 2 is 1.97 bits per heavy atom. The first-order chi connectivity index (χ1) is 14.3. The van der Waals surface area contributed by atoms with Crippen molar-refractivity contribution in [3.63, 3.8) is 0 Å². The number of anilines is 1. The van der Waals surface area contributed by atoms with E-state index in [2.05, 4.69) is 15.5 Å². The summed E-state index contributed by atoms with van der Waals surface area (Å²) in [5.41, 5.74) is 3.90. The highest BCUT2D eigenvalue weighted by Crippen LogP contribution is 2.22. The number of carbonyl (C=O) groups excluding carboxylic acids is 1. The number of nitro groups is 1. The van der Waals surface area contributed by atoms with Gasteiger partial charge in [-0.3, -0.25) is 9.48 Å². The van der Waals surface area contributed by atoms with Crippen molar-refractivity contribution in [2.45, 2.75) is 40.3 Å². The molecular formula is C20H24N6O4. The highest BCUT2D eigenvalue weighted by atomic mass is 16.6. The summed E-state index contributed by atoms with van der Waals surface area (Å²) in [6.45, 7) is 6.26. The van der Waals surface area contributed by atoms with Gasteiger partial charge in [0.1, 0.15) is 5.75 Å². The van der Waals surface area contributed by atoms with Crippen LogP contribution in [0.1, 0.15) is 29.1 Å². The molecule has 0 aliphatic rings. The van der Waals surface area contributed by atoms with Crippen molar-refractivity contribution in [1.82, 2.24) is 19.6 Å². The molecule has 0 aliphatic heterocycles. The van der Waals surface area contributed by atoms with Gasteiger partial charge in [-0.25, -0.2) is 0 Å². The summed E-state index contributed by atoms with van der Waals surface area (Å²) in [6, 6.07) is 9.12. The van der Waals surface area contributed by atoms with Crippen molar-refractivity contribution in [3.05, 3.63) is 63.1 Å². The van der Waals surface area contributed by atoms with Crippen LogP contribution in [0, 0.1) is 30.9 Å². The normalized spacial score (nSPS) is 10.8. The molecule has 1 amide bonds. The summed E-state index contributed by atoms with van der Waals surface area (Å²) in [6.07, 6.45) is 0.139. The lowest BCUT2D eigenvalue weighted by Crippen LogP contribution is -2.16. The number of hydrogen-bond acceptors (Lipinski definition) is 6. The van der Waals surface area contributed by atoms with Gasteiger partial charge < -0.3 is 20.2 Å². The van der Waals surface area contributed by atoms with E-state index in [0.717, 1.165) is 22.7 Å². The summed E-state index contributed by atoms with van der Waals surface area (Å²) in [4.78, 5) is 22.7. The molecule has 0 bridgehead atoms. The van der Waals surface area contributed by atoms with Crippen molar-refractivity contribution in [2.24, 2.45) is 0 Å². The first-order valence-corrected chi connectivity index (χ1v) is 9.44. The number of carbonyl (C=O) groups is 1. The van der Waals surface area contributed by atoms with Crippen LogP contribution in [0.25, 0.3) is 0 Å². The first-order valence-electron chi connectivity index (χ1n) is 9.44. The molecule has 0 atom stereocenters. The molecule has 0 saturated carbocycles. The molecule has 30 heavy (non-hydrogen) atoms. The third kappa shape index (κ3) is 4.65. The Bertz CT molecular complexity index is 1090. The third-order valence-electron chi connectivity index (χ3n) is 4.82. The number of aryl methyl sites for hydroxylation is 3. The molecule has 158 valence electrons. The van der Waals surface area contributed by atoms with Crippen LogP contribution in [0.2, 0.25) is 0 Å². The number of benzene rings is 1. The van der Waals surface area contributed by atoms with Crippen molar-refractivity contribution in [2.75, 3.05) is 12.4 Å². The molecule has 0 unspecified atom stereocenters. The lowest BCUT2D eigenvalue weighted by atomic mass is 10.2. The molecule has 1 aromatic carbocycles. The molecule has 1 N–H and O–H groups in total. The van der Waals surface area contributed by atoms with Crippen LogP contribution in [0.3, 0.4) is 0 Å². The zero-order valence-corrected chi connectivity index (χ0v) is 17.4. The number of amides is 1. The summed E-state index contributed by atoms with van der Waals surface area (Å²) < 4.78 is 8.56. The topological polar surface area (TPSA) is 117 Å². The van der Waals surface area contributed by atoms with E-state index in [1.807, 2.05) is 42.8 Å². The number of hydrogen-bond donors (Lipinski definition) is 1. The van der Waals surface area contributed by atoms with Crippen LogP contribution >= 0.6 is 0 Å². The molecule has 10 heteroatoms. The van der Waals surface area contributed by atoms with Gasteiger partial charge in [-0.15, -0.1) is 0 Å². The molecule has 0 fully saturated rings. The van der Waals surface area contributed by atoms with Crippen molar-refractivity contribution in [3.8, 4) is 5.75 Å². The molecular weight excluding hydrogens is 388 g/mol. The van der Waals surface area contributed by atoms with Crippen LogP contribution < -0.4 is 10.1 Å². The van der Waals surface area contributed by atoms with Gasteiger partial charge in [-0.1, -0.05) is 12.1 Å². The van der Waals surface area contributed by atoms with E-state index < -0.39 is 4.92 Å². The predicted molar refractivity (Wildman–Crippen MR) is 111 cm³/mol. The summed E-state index contributed by atoms with van der Waals surface area (Å²) >= 11 is 0. The standard InChI is InChI=1S/C20H24N6O4/c1-13-10-18(26(28)29)23-24(13)9-8-19(27)21-20-14(2)22-25(15(20)3)12-16-6-5-7-17(11-16)30-4/h5-7,10-11H,8-9,12H2,1-4H3,(H,21,27). The van der Waals surface area contributed by atoms with E-state index in [-0.39, 0.29) is 24.7 Å². The summed E-state index contributed by atoms with van der Waals surface area (Å²) in [7, 11) is 1.62. The van der Waals surface area contributed by atoms with E-state index in [1.165, 1.54) is 10.7 Å². The summed E-state index contributed by atoms with van der Waals surface area (Å²) in [5.74, 6) is 0.342. The smallest absolute Gasteiger partial charge is 0.390 e. The molecule has 3 aromatic rings. The average Bonchev–Trinajstić information content (AvgIpc) is 3.21. The number of ether oxygens (including phenoxy) is 1. The van der Waals surface area contributed by atoms with Gasteiger partial charge in [0.25, 0.3) is 0 Å². The quantitative estimate of drug-likeness (QED) is 0.449. The van der Waals surface area contributed by atoms with E-state index in [0.29, 0.717) is 17.9 Å². The van der Waals surface area contributed by atoms with Crippen molar-refractivity contribution < 1.29 is 14.5 Å². The Kier molecular flexibility index (Phi) is 6.14. The molecule has 0 saturated heterocycles. The number of aromatic nitrogens is 4. The molecule has 0 radical (unpaired) electrons. The Balaban J connectivity index is 1.66. The van der Waals surface area contributed by atoms with Crippen LogP contribution in [0.5, 0.6) is 5.75 Å². The van der Waals surface area contributed by atoms with Crippen LogP contribution in [0.4, 0.5) is 11.5 Å². The van der Waals surface area contributed by atoms with E-state index in [9.17, 15) is 14.9 Å². The van der Waals surface area contributed by atoms with Gasteiger partial charge in [0.05, 0.1) is 54.1 Å². The van der Waals surface area contributed by atoms with Gasteiger partial charge in [0, 0.05) is 6.42 Å². The zero-order chi connectivity index (χ0) is 21.8. The minimum atomic E-state index is -0.549. The fourth-order valence-electron chi connectivity index (χ4n) is 3.19. The highest BCUT2D eigenvalue weighted by molar-refractivity contribution is 5.91. The third-order valence-corrected chi connectivity index (χ3v) is 4.82. The minimum absolute atomic E-state index is 0.139. The Morgan fingerprint density at radius 3 is 2.63 bits per heavy atom. The van der Waals surface area contributed by atoms with Crippen LogP contribution in [-0.2, 0) is 17.9 Å². The number of rotatable bonds is 8. The summed E-state index contributed by atoms with van der Waals surface area (Å²) in [5, 5.41) is 22.2. The maximum absolute atomic E-state index is 12.5. The van der Waals surface area contributed by atoms with Crippen molar-refractivity contribution in [1.29, 1.82) is 0 Å². The molecule has 3 rings (SSSR count). The number of nitrogens with zero attached hydrogens (tertiary/aromatic N) is 5. The largest absolute Gasteiger partial charge is 0.497 e. The van der Waals surface area contributed by atoms with Gasteiger partial charge >= 0.3 is 5.82 Å². The lowest BCUT2D eigenvalue weighted by Gasteiger charge is -2.08. The Morgan fingerprint density at radius 1 is 1.20 bits per heavy atom. The van der Waals surface area contributed by atoms with E-state index >= 15 is 0 Å². The molecule has 2 aromatic heterocycles. The monoisotopic (exact) mass is 412 g/mol. The zero-order valence-electron chi connectivity index (χ0n) is 17.4. The Hall–Kier alpha value is -3.69. The van der Waals surface area contributed by atoms with Crippen LogP contribution in [0.15, 0.2) is 30.3 Å². The fourth-order valence-corrected chi connectivity index (χ4v) is 3.19. The minimum Gasteiger partial charge on any atom is -0.497 e. The lowest BCUT2D eigenvalue weighted by molar-refractivity contribution is -0.389. The second kappa shape index (κ2) is 8.76. The van der Waals surface area contributed by atoms with E-state index in [1.54, 1.807) is 14.0 Å². The second-order valence-corrected chi connectivity index (χ2v) is 6.98. The second-order valence-electron chi connectivity index (χ2n) is 6.98. The van der Waals surface area contributed by atoms with Crippen molar-refractivity contribution >= 4 is 17.4 Å². The molecule has 0 aliphatic carbocycles. The number of methoxy groups -OCH3 is 1. The fraction of sp³-hybridized carbons (Fsp3) is 0.350. The van der Waals surface area contributed by atoms with Gasteiger partial charge in [0.2, 0.25) is 5.91 Å². The average molecular weight is 412 g/mol. The highest BCUT2D eigenvalue weighted by Gasteiger charge is 2.18. The predicted octanol–water partition coefficient (Wildman–Crippen LogP) is 3.00. The van der Waals surface area contributed by atoms with Gasteiger partial charge in [-0.05, 0) is 43.4 Å². The van der Waals surface area contributed by atoms with E-state index in [4.69, 9.17) is 4.74 Å². The SMILES string of the molecule is COc1cccc(Cn2nc(C)c(NC(=O)CCn3nc([N+](=O)[O-])cc3C)c2C)c1. The molecule has 2 heterocycles. The first kappa shape index (κ1) is 21.0. The molecule has 10 nitrogen and oxygen atoms in total. The maximum Gasteiger partial charge on any atom is 0.390 e. The number of nitrogens with one attached hydrogen (secondary N) is 1. The molecule has 0 spiro atoms.